The normalized spacial score (nSPS) is 15.8. The second-order valence-electron chi connectivity index (χ2n) is 5.06. The van der Waals surface area contributed by atoms with Crippen molar-refractivity contribution >= 4 is 53.1 Å². The molecule has 2 heterocycles. The fourth-order valence-corrected chi connectivity index (χ4v) is 3.88. The summed E-state index contributed by atoms with van der Waals surface area (Å²) >= 11 is 6.43. The molecule has 118 valence electrons. The summed E-state index contributed by atoms with van der Waals surface area (Å²) in [6.07, 6.45) is 3.86. The number of aliphatic imine (C=N–C) groups is 1. The molecule has 0 amide bonds. The number of carboxylic acid groups (broad SMARTS) is 1. The maximum absolute atomic E-state index is 11.3. The molecule has 0 bridgehead atoms. The second-order valence-corrected chi connectivity index (χ2v) is 6.74. The van der Waals surface area contributed by atoms with Gasteiger partial charge in [-0.3, -0.25) is 9.56 Å². The Morgan fingerprint density at radius 1 is 1.48 bits per heavy atom. The number of fused-ring (bicyclic) bond motifs is 1. The zero-order chi connectivity index (χ0) is 16.6. The zero-order valence-corrected chi connectivity index (χ0v) is 13.9. The SMILES string of the molecule is CCC(C(=O)O)n1c(O)c(/C=C2\C=Nc3ccccc32)sc1=S. The van der Waals surface area contributed by atoms with Gasteiger partial charge in [-0.15, -0.1) is 11.3 Å². The van der Waals surface area contributed by atoms with Crippen molar-refractivity contribution in [2.75, 3.05) is 0 Å². The number of aliphatic carboxylic acids is 1. The van der Waals surface area contributed by atoms with Gasteiger partial charge in [0.2, 0.25) is 5.88 Å². The lowest BCUT2D eigenvalue weighted by atomic mass is 10.1. The summed E-state index contributed by atoms with van der Waals surface area (Å²) in [6.45, 7) is 1.75. The van der Waals surface area contributed by atoms with Gasteiger partial charge in [0.25, 0.3) is 0 Å². The Kier molecular flexibility index (Phi) is 4.14. The Bertz CT molecular complexity index is 893. The maximum atomic E-state index is 11.3. The number of aromatic hydroxyl groups is 1. The van der Waals surface area contributed by atoms with Crippen LogP contribution in [0.15, 0.2) is 29.3 Å². The van der Waals surface area contributed by atoms with Gasteiger partial charge < -0.3 is 10.2 Å². The van der Waals surface area contributed by atoms with E-state index in [9.17, 15) is 15.0 Å². The van der Waals surface area contributed by atoms with Crippen LogP contribution in [0.25, 0.3) is 11.6 Å². The minimum atomic E-state index is -1.01. The first-order chi connectivity index (χ1) is 11.0. The molecule has 0 aliphatic carbocycles. The van der Waals surface area contributed by atoms with E-state index in [1.807, 2.05) is 24.3 Å². The van der Waals surface area contributed by atoms with Gasteiger partial charge in [0, 0.05) is 17.4 Å². The van der Waals surface area contributed by atoms with Gasteiger partial charge in [-0.2, -0.15) is 0 Å². The molecule has 1 aromatic carbocycles. The van der Waals surface area contributed by atoms with Crippen LogP contribution in [-0.4, -0.2) is 27.0 Å². The van der Waals surface area contributed by atoms with Crippen LogP contribution in [0, 0.1) is 3.95 Å². The number of thiazole rings is 1. The average Bonchev–Trinajstić information content (AvgIpc) is 3.05. The molecular formula is C16H14N2O3S2. The Labute approximate surface area is 141 Å². The van der Waals surface area contributed by atoms with Crippen LogP contribution in [0.5, 0.6) is 5.88 Å². The molecule has 5 nitrogen and oxygen atoms in total. The molecule has 7 heteroatoms. The van der Waals surface area contributed by atoms with E-state index in [1.165, 1.54) is 15.9 Å². The largest absolute Gasteiger partial charge is 0.493 e. The number of nitrogens with zero attached hydrogens (tertiary/aromatic N) is 2. The number of rotatable bonds is 4. The van der Waals surface area contributed by atoms with Crippen LogP contribution in [0.1, 0.15) is 29.8 Å². The van der Waals surface area contributed by atoms with Crippen molar-refractivity contribution in [2.45, 2.75) is 19.4 Å². The highest BCUT2D eigenvalue weighted by atomic mass is 32.1. The summed E-state index contributed by atoms with van der Waals surface area (Å²) in [5.74, 6) is -1.12. The molecule has 0 radical (unpaired) electrons. The minimum Gasteiger partial charge on any atom is -0.493 e. The number of benzene rings is 1. The molecule has 23 heavy (non-hydrogen) atoms. The molecule has 0 saturated heterocycles. The van der Waals surface area contributed by atoms with Crippen LogP contribution in [0.3, 0.4) is 0 Å². The van der Waals surface area contributed by atoms with Crippen molar-refractivity contribution in [3.8, 4) is 5.88 Å². The highest BCUT2D eigenvalue weighted by Crippen LogP contribution is 2.37. The number of carboxylic acids is 1. The third kappa shape index (κ3) is 2.73. The van der Waals surface area contributed by atoms with Crippen LogP contribution < -0.4 is 0 Å². The Balaban J connectivity index is 2.07. The molecule has 1 aliphatic heterocycles. The van der Waals surface area contributed by atoms with Crippen molar-refractivity contribution in [2.24, 2.45) is 4.99 Å². The molecule has 3 rings (SSSR count). The first-order valence-corrected chi connectivity index (χ1v) is 8.27. The van der Waals surface area contributed by atoms with E-state index in [-0.39, 0.29) is 5.88 Å². The fraction of sp³-hybridized carbons (Fsp3) is 0.188. The molecule has 0 saturated carbocycles. The number of hydrogen-bond acceptors (Lipinski definition) is 5. The third-order valence-electron chi connectivity index (χ3n) is 3.67. The molecule has 1 aromatic heterocycles. The van der Waals surface area contributed by atoms with Crippen molar-refractivity contribution in [3.63, 3.8) is 0 Å². The van der Waals surface area contributed by atoms with Crippen LogP contribution in [0.2, 0.25) is 0 Å². The van der Waals surface area contributed by atoms with E-state index in [2.05, 4.69) is 4.99 Å². The summed E-state index contributed by atoms with van der Waals surface area (Å²) in [4.78, 5) is 16.2. The zero-order valence-electron chi connectivity index (χ0n) is 12.3. The quantitative estimate of drug-likeness (QED) is 0.811. The number of hydrogen-bond donors (Lipinski definition) is 2. The standard InChI is InChI=1S/C16H14N2O3S2/c1-2-12(15(20)21)18-14(19)13(23-16(18)22)7-9-8-17-11-6-4-3-5-10(9)11/h3-8,12,19H,2H2,1H3,(H,20,21)/b9-7+. The van der Waals surface area contributed by atoms with Crippen LogP contribution in [-0.2, 0) is 4.79 Å². The van der Waals surface area contributed by atoms with Gasteiger partial charge in [0.05, 0.1) is 10.6 Å². The topological polar surface area (TPSA) is 74.8 Å². The lowest BCUT2D eigenvalue weighted by Gasteiger charge is -2.12. The van der Waals surface area contributed by atoms with Gasteiger partial charge in [-0.05, 0) is 30.8 Å². The predicted molar refractivity (Wildman–Crippen MR) is 94.2 cm³/mol. The second kappa shape index (κ2) is 6.10. The Morgan fingerprint density at radius 2 is 2.22 bits per heavy atom. The van der Waals surface area contributed by atoms with Crippen LogP contribution >= 0.6 is 23.6 Å². The minimum absolute atomic E-state index is 0.112. The maximum Gasteiger partial charge on any atom is 0.326 e. The first kappa shape index (κ1) is 15.6. The third-order valence-corrected chi connectivity index (χ3v) is 5.01. The first-order valence-electron chi connectivity index (χ1n) is 7.05. The number of aromatic nitrogens is 1. The van der Waals surface area contributed by atoms with E-state index in [1.54, 1.807) is 19.2 Å². The van der Waals surface area contributed by atoms with Gasteiger partial charge in [-0.1, -0.05) is 25.1 Å². The number of para-hydroxylation sites is 1. The van der Waals surface area contributed by atoms with Gasteiger partial charge in [-0.25, -0.2) is 4.79 Å². The van der Waals surface area contributed by atoms with E-state index in [0.29, 0.717) is 15.3 Å². The van der Waals surface area contributed by atoms with E-state index in [4.69, 9.17) is 12.2 Å². The lowest BCUT2D eigenvalue weighted by Crippen LogP contribution is -2.17. The molecule has 0 fully saturated rings. The summed E-state index contributed by atoms with van der Waals surface area (Å²) in [7, 11) is 0. The molecule has 1 unspecified atom stereocenters. The summed E-state index contributed by atoms with van der Waals surface area (Å²) in [6, 6.07) is 6.84. The van der Waals surface area contributed by atoms with E-state index in [0.717, 1.165) is 16.8 Å². The van der Waals surface area contributed by atoms with Crippen molar-refractivity contribution in [1.29, 1.82) is 0 Å². The molecule has 0 spiro atoms. The summed E-state index contributed by atoms with van der Waals surface area (Å²) in [5, 5.41) is 19.7. The van der Waals surface area contributed by atoms with E-state index >= 15 is 0 Å². The summed E-state index contributed by atoms with van der Waals surface area (Å²) in [5.41, 5.74) is 2.71. The molecular weight excluding hydrogens is 332 g/mol. The molecule has 2 N–H and O–H groups in total. The van der Waals surface area contributed by atoms with Crippen LogP contribution in [0.4, 0.5) is 5.69 Å². The highest BCUT2D eigenvalue weighted by molar-refractivity contribution is 7.73. The monoisotopic (exact) mass is 346 g/mol. The van der Waals surface area contributed by atoms with Gasteiger partial charge in [0.15, 0.2) is 3.95 Å². The molecule has 1 atom stereocenters. The van der Waals surface area contributed by atoms with Gasteiger partial charge >= 0.3 is 5.97 Å². The van der Waals surface area contributed by atoms with E-state index < -0.39 is 12.0 Å². The van der Waals surface area contributed by atoms with Crippen molar-refractivity contribution < 1.29 is 15.0 Å². The highest BCUT2D eigenvalue weighted by Gasteiger charge is 2.24. The Hall–Kier alpha value is -2.25. The molecule has 1 aliphatic rings. The average molecular weight is 346 g/mol. The summed E-state index contributed by atoms with van der Waals surface area (Å²) < 4.78 is 1.64. The van der Waals surface area contributed by atoms with Gasteiger partial charge in [0.1, 0.15) is 6.04 Å². The smallest absolute Gasteiger partial charge is 0.326 e. The fourth-order valence-electron chi connectivity index (χ4n) is 2.53. The number of carbonyl (C=O) groups is 1. The number of allylic oxidation sites excluding steroid dienone is 1. The predicted octanol–water partition coefficient (Wildman–Crippen LogP) is 4.28. The molecule has 2 aromatic rings. The van der Waals surface area contributed by atoms with Crippen molar-refractivity contribution in [1.82, 2.24) is 4.57 Å². The van der Waals surface area contributed by atoms with Crippen molar-refractivity contribution in [3.05, 3.63) is 38.7 Å². The lowest BCUT2D eigenvalue weighted by molar-refractivity contribution is -0.141. The Morgan fingerprint density at radius 3 is 2.91 bits per heavy atom.